The molecule has 3 aromatic rings. The van der Waals surface area contributed by atoms with Crippen molar-refractivity contribution in [3.63, 3.8) is 0 Å². The lowest BCUT2D eigenvalue weighted by Gasteiger charge is -2.35. The van der Waals surface area contributed by atoms with E-state index in [9.17, 15) is 9.18 Å². The lowest BCUT2D eigenvalue weighted by atomic mass is 10.1. The molecule has 1 fully saturated rings. The van der Waals surface area contributed by atoms with Crippen LogP contribution in [0.3, 0.4) is 0 Å². The zero-order valence-corrected chi connectivity index (χ0v) is 22.0. The number of piperazine rings is 1. The molecule has 0 spiro atoms. The molecule has 3 aliphatic heterocycles. The number of fused-ring (bicyclic) bond motifs is 3. The fourth-order valence-corrected chi connectivity index (χ4v) is 5.25. The van der Waals surface area contributed by atoms with Crippen LogP contribution in [0.5, 0.6) is 5.75 Å². The fraction of sp³-hybridized carbons (Fsp3) is 0.308. The van der Waals surface area contributed by atoms with Crippen LogP contribution in [0, 0.1) is 11.6 Å². The van der Waals surface area contributed by atoms with Crippen molar-refractivity contribution in [3.05, 3.63) is 58.7 Å². The number of guanidine groups is 1. The van der Waals surface area contributed by atoms with Crippen molar-refractivity contribution in [2.24, 2.45) is 4.99 Å². The van der Waals surface area contributed by atoms with E-state index in [-0.39, 0.29) is 28.2 Å². The van der Waals surface area contributed by atoms with Crippen LogP contribution in [-0.2, 0) is 0 Å². The van der Waals surface area contributed by atoms with Gasteiger partial charge in [-0.25, -0.2) is 18.7 Å². The second-order valence-corrected chi connectivity index (χ2v) is 9.81. The monoisotopic (exact) mass is 554 g/mol. The number of benzene rings is 2. The van der Waals surface area contributed by atoms with E-state index >= 15 is 4.39 Å². The fourth-order valence-electron chi connectivity index (χ4n) is 5.00. The number of carbonyl (C=O) groups excluding carboxylic acids is 1. The highest BCUT2D eigenvalue weighted by atomic mass is 35.5. The Morgan fingerprint density at radius 2 is 1.85 bits per heavy atom. The van der Waals surface area contributed by atoms with Crippen molar-refractivity contribution in [2.45, 2.75) is 0 Å². The van der Waals surface area contributed by atoms with Crippen LogP contribution in [0.2, 0.25) is 5.02 Å². The van der Waals surface area contributed by atoms with Gasteiger partial charge in [0.2, 0.25) is 11.9 Å². The molecule has 0 unspecified atom stereocenters. The number of hydrogen-bond donors (Lipinski definition) is 1. The Morgan fingerprint density at radius 3 is 2.59 bits per heavy atom. The van der Waals surface area contributed by atoms with Crippen LogP contribution in [0.15, 0.2) is 41.5 Å². The van der Waals surface area contributed by atoms with Gasteiger partial charge in [0.1, 0.15) is 28.5 Å². The number of carbonyl (C=O) groups is 1. The molecule has 0 atom stereocenters. The Labute approximate surface area is 228 Å². The zero-order valence-electron chi connectivity index (χ0n) is 21.3. The number of hydrogen-bond acceptors (Lipinski definition) is 9. The highest BCUT2D eigenvalue weighted by Crippen LogP contribution is 2.38. The second-order valence-electron chi connectivity index (χ2n) is 9.40. The Kier molecular flexibility index (Phi) is 6.43. The summed E-state index contributed by atoms with van der Waals surface area (Å²) in [6.45, 7) is 3.84. The number of ether oxygens (including phenoxy) is 1. The minimum absolute atomic E-state index is 0.0781. The third-order valence-corrected chi connectivity index (χ3v) is 7.27. The third-order valence-electron chi connectivity index (χ3n) is 6.96. The van der Waals surface area contributed by atoms with Gasteiger partial charge < -0.3 is 19.9 Å². The highest BCUT2D eigenvalue weighted by molar-refractivity contribution is 6.38. The van der Waals surface area contributed by atoms with E-state index in [0.717, 1.165) is 18.0 Å². The van der Waals surface area contributed by atoms with Crippen molar-refractivity contribution in [1.82, 2.24) is 14.9 Å². The number of halogens is 3. The average Bonchev–Trinajstić information content (AvgIpc) is 3.40. The van der Waals surface area contributed by atoms with E-state index in [2.05, 4.69) is 25.2 Å². The number of nitrogens with zero attached hydrogens (tertiary/aromatic N) is 7. The minimum Gasteiger partial charge on any atom is -0.494 e. The van der Waals surface area contributed by atoms with Gasteiger partial charge in [-0.2, -0.15) is 4.98 Å². The smallest absolute Gasteiger partial charge is 0.270 e. The Balaban J connectivity index is 1.32. The summed E-state index contributed by atoms with van der Waals surface area (Å²) < 4.78 is 35.6. The first-order valence-corrected chi connectivity index (χ1v) is 12.8. The molecule has 1 amide bonds. The number of nitrogens with one attached hydrogen (secondary N) is 1. The summed E-state index contributed by atoms with van der Waals surface area (Å²) in [6.07, 6.45) is 1.36. The number of aliphatic imine (C=N–C) groups is 1. The average molecular weight is 555 g/mol. The normalized spacial score (nSPS) is 17.2. The first-order valence-electron chi connectivity index (χ1n) is 12.4. The van der Waals surface area contributed by atoms with Crippen molar-refractivity contribution >= 4 is 52.3 Å². The molecule has 1 N–H and O–H groups in total. The van der Waals surface area contributed by atoms with Gasteiger partial charge in [0, 0.05) is 50.7 Å². The Morgan fingerprint density at radius 1 is 1.05 bits per heavy atom. The van der Waals surface area contributed by atoms with Gasteiger partial charge >= 0.3 is 0 Å². The van der Waals surface area contributed by atoms with Gasteiger partial charge in [0.25, 0.3) is 5.91 Å². The quantitative estimate of drug-likeness (QED) is 0.510. The van der Waals surface area contributed by atoms with Crippen molar-refractivity contribution in [3.8, 4) is 5.75 Å². The Bertz CT molecular complexity index is 1470. The molecular weight excluding hydrogens is 530 g/mol. The maximum absolute atomic E-state index is 15.3. The zero-order chi connectivity index (χ0) is 27.3. The minimum atomic E-state index is -0.649. The van der Waals surface area contributed by atoms with Gasteiger partial charge in [0.05, 0.1) is 18.7 Å². The van der Waals surface area contributed by atoms with Crippen LogP contribution in [0.4, 0.5) is 37.6 Å². The van der Waals surface area contributed by atoms with Crippen LogP contribution in [-0.4, -0.2) is 80.2 Å². The van der Waals surface area contributed by atoms with Crippen LogP contribution in [0.25, 0.3) is 0 Å². The molecule has 202 valence electrons. The summed E-state index contributed by atoms with van der Waals surface area (Å²) in [6, 6.07) is 7.27. The van der Waals surface area contributed by atoms with E-state index in [4.69, 9.17) is 16.3 Å². The third kappa shape index (κ3) is 4.39. The number of likely N-dealkylation sites (N-methyl/N-ethyl adjacent to an activating group) is 1. The van der Waals surface area contributed by atoms with Crippen molar-refractivity contribution in [1.29, 1.82) is 0 Å². The predicted octanol–water partition coefficient (Wildman–Crippen LogP) is 3.75. The highest BCUT2D eigenvalue weighted by Gasteiger charge is 2.41. The molecule has 4 heterocycles. The molecule has 1 saturated heterocycles. The number of aromatic nitrogens is 2. The maximum atomic E-state index is 15.3. The van der Waals surface area contributed by atoms with Gasteiger partial charge in [0.15, 0.2) is 11.6 Å². The predicted molar refractivity (Wildman–Crippen MR) is 146 cm³/mol. The van der Waals surface area contributed by atoms with Crippen molar-refractivity contribution in [2.75, 3.05) is 73.4 Å². The van der Waals surface area contributed by atoms with Gasteiger partial charge in [-0.3, -0.25) is 14.7 Å². The SMILES string of the molecule is COc1cc(Nc2ncc3c(n2)N2CCN=C2N(c2c(F)cccc2Cl)C3=O)cc(F)c1N1CCN(C)CC1. The molecule has 0 saturated carbocycles. The summed E-state index contributed by atoms with van der Waals surface area (Å²) in [5.41, 5.74) is 0.887. The summed E-state index contributed by atoms with van der Waals surface area (Å²) >= 11 is 6.27. The molecule has 13 heteroatoms. The number of amides is 1. The summed E-state index contributed by atoms with van der Waals surface area (Å²) in [7, 11) is 3.54. The molecule has 1 aromatic heterocycles. The molecule has 10 nitrogen and oxygen atoms in total. The van der Waals surface area contributed by atoms with E-state index in [0.29, 0.717) is 49.1 Å². The summed E-state index contributed by atoms with van der Waals surface area (Å²) in [5.74, 6) is -0.539. The molecule has 3 aliphatic rings. The molecule has 6 rings (SSSR count). The molecule has 2 aromatic carbocycles. The molecule has 0 radical (unpaired) electrons. The van der Waals surface area contributed by atoms with E-state index in [1.807, 2.05) is 11.9 Å². The summed E-state index contributed by atoms with van der Waals surface area (Å²) in [4.78, 5) is 33.8. The van der Waals surface area contributed by atoms with E-state index in [1.54, 1.807) is 11.0 Å². The molecule has 0 aliphatic carbocycles. The number of rotatable bonds is 5. The Hall–Kier alpha value is -4.03. The van der Waals surface area contributed by atoms with Gasteiger partial charge in [-0.15, -0.1) is 0 Å². The van der Waals surface area contributed by atoms with Crippen LogP contribution in [0.1, 0.15) is 10.4 Å². The number of methoxy groups -OCH3 is 1. The largest absolute Gasteiger partial charge is 0.494 e. The topological polar surface area (TPSA) is 89.4 Å². The molecule has 0 bridgehead atoms. The van der Waals surface area contributed by atoms with Crippen LogP contribution >= 0.6 is 11.6 Å². The lowest BCUT2D eigenvalue weighted by Crippen LogP contribution is -2.51. The van der Waals surface area contributed by atoms with Gasteiger partial charge in [-0.1, -0.05) is 17.7 Å². The van der Waals surface area contributed by atoms with E-state index in [1.165, 1.54) is 37.6 Å². The van der Waals surface area contributed by atoms with Crippen LogP contribution < -0.4 is 24.8 Å². The number of anilines is 5. The number of para-hydroxylation sites is 1. The second kappa shape index (κ2) is 9.93. The lowest BCUT2D eigenvalue weighted by molar-refractivity contribution is 0.0999. The molecule has 39 heavy (non-hydrogen) atoms. The summed E-state index contributed by atoms with van der Waals surface area (Å²) in [5, 5.41) is 3.10. The van der Waals surface area contributed by atoms with E-state index < -0.39 is 17.5 Å². The van der Waals surface area contributed by atoms with Crippen molar-refractivity contribution < 1.29 is 18.3 Å². The standard InChI is InChI=1S/C26H25ClF2N8O2/c1-34-8-10-35(11-9-34)22-19(29)12-15(13-20(22)39-2)32-25-31-14-16-23(33-25)36-7-6-30-26(36)37(24(16)38)21-17(27)4-3-5-18(21)28/h3-5,12-14H,6-11H2,1-2H3,(H,31,32,33). The maximum Gasteiger partial charge on any atom is 0.270 e. The first-order chi connectivity index (χ1) is 18.9. The first kappa shape index (κ1) is 25.3. The molecular formula is C26H25ClF2N8O2. The van der Waals surface area contributed by atoms with Gasteiger partial charge in [-0.05, 0) is 25.2 Å².